The first-order valence-electron chi connectivity index (χ1n) is 7.38. The highest BCUT2D eigenvalue weighted by atomic mass is 19.4. The fourth-order valence-corrected chi connectivity index (χ4v) is 1.53. The zero-order valence-electron chi connectivity index (χ0n) is 14.6. The van der Waals surface area contributed by atoms with Gasteiger partial charge in [0.1, 0.15) is 11.6 Å². The average molecular weight is 445 g/mol. The van der Waals surface area contributed by atoms with Crippen LogP contribution in [0.4, 0.5) is 42.2 Å². The van der Waals surface area contributed by atoms with Gasteiger partial charge in [-0.05, 0) is 35.4 Å². The maximum atomic E-state index is 13.5. The van der Waals surface area contributed by atoms with E-state index in [1.165, 1.54) is 6.07 Å². The zero-order chi connectivity index (χ0) is 23.7. The number of halogens is 7. The number of aromatic nitrogens is 1. The van der Waals surface area contributed by atoms with Crippen molar-refractivity contribution in [3.63, 3.8) is 0 Å². The van der Waals surface area contributed by atoms with Crippen molar-refractivity contribution in [2.75, 3.05) is 11.5 Å². The lowest BCUT2D eigenvalue weighted by atomic mass is 10.1. The molecular formula is C16H14F7N3O4. The molecule has 1 aromatic carbocycles. The number of aliphatic carboxylic acids is 2. The maximum absolute atomic E-state index is 13.5. The first-order chi connectivity index (χ1) is 13.5. The predicted molar refractivity (Wildman–Crippen MR) is 89.6 cm³/mol. The second kappa shape index (κ2) is 10.8. The van der Waals surface area contributed by atoms with Crippen molar-refractivity contribution in [3.05, 3.63) is 53.5 Å². The molecule has 0 radical (unpaired) electrons. The number of nitrogens with zero attached hydrogens (tertiary/aromatic N) is 1. The summed E-state index contributed by atoms with van der Waals surface area (Å²) in [6, 6.07) is 8.23. The summed E-state index contributed by atoms with van der Waals surface area (Å²) in [6.07, 6.45) is -8.07. The first kappa shape index (κ1) is 26.4. The van der Waals surface area contributed by atoms with E-state index in [-0.39, 0.29) is 5.82 Å². The highest BCUT2D eigenvalue weighted by Crippen LogP contribution is 2.17. The number of pyridine rings is 1. The Labute approximate surface area is 163 Å². The van der Waals surface area contributed by atoms with E-state index in [1.54, 1.807) is 24.4 Å². The number of hydrogen-bond acceptors (Lipinski definition) is 5. The third-order valence-corrected chi connectivity index (χ3v) is 2.80. The lowest BCUT2D eigenvalue weighted by molar-refractivity contribution is -0.193. The number of alkyl halides is 6. The Balaban J connectivity index is 0.000000503. The summed E-state index contributed by atoms with van der Waals surface area (Å²) in [5.41, 5.74) is 13.0. The van der Waals surface area contributed by atoms with Crippen LogP contribution in [0.3, 0.4) is 0 Å². The minimum absolute atomic E-state index is 0.296. The minimum atomic E-state index is -5.08. The van der Waals surface area contributed by atoms with Gasteiger partial charge in [-0.1, -0.05) is 6.07 Å². The summed E-state index contributed by atoms with van der Waals surface area (Å²) in [5, 5.41) is 14.2. The van der Waals surface area contributed by atoms with Gasteiger partial charge in [0.2, 0.25) is 0 Å². The summed E-state index contributed by atoms with van der Waals surface area (Å²) in [6.45, 7) is 0. The molecule has 0 unspecified atom stereocenters. The van der Waals surface area contributed by atoms with Crippen LogP contribution in [0, 0.1) is 5.82 Å². The Morgan fingerprint density at radius 2 is 1.37 bits per heavy atom. The number of benzene rings is 1. The smallest absolute Gasteiger partial charge is 0.475 e. The molecule has 30 heavy (non-hydrogen) atoms. The van der Waals surface area contributed by atoms with E-state index in [9.17, 15) is 30.7 Å². The van der Waals surface area contributed by atoms with Gasteiger partial charge >= 0.3 is 24.3 Å². The SMILES string of the molecule is Nc1ccc(Cc2ccnc(N)c2)c(F)c1.O=C(O)C(F)(F)F.O=C(O)C(F)(F)F. The van der Waals surface area contributed by atoms with E-state index < -0.39 is 24.3 Å². The molecule has 2 rings (SSSR count). The van der Waals surface area contributed by atoms with E-state index in [4.69, 9.17) is 31.3 Å². The van der Waals surface area contributed by atoms with E-state index in [0.717, 1.165) is 5.56 Å². The zero-order valence-corrected chi connectivity index (χ0v) is 14.6. The second-order valence-corrected chi connectivity index (χ2v) is 5.22. The predicted octanol–water partition coefficient (Wildman–Crippen LogP) is 3.24. The highest BCUT2D eigenvalue weighted by Gasteiger charge is 2.38. The molecule has 0 saturated carbocycles. The molecule has 0 saturated heterocycles. The molecule has 7 nitrogen and oxygen atoms in total. The van der Waals surface area contributed by atoms with E-state index in [2.05, 4.69) is 4.98 Å². The minimum Gasteiger partial charge on any atom is -0.475 e. The number of nitrogens with two attached hydrogens (primary N) is 2. The monoisotopic (exact) mass is 445 g/mol. The number of nitrogen functional groups attached to an aromatic ring is 2. The van der Waals surface area contributed by atoms with Crippen LogP contribution < -0.4 is 11.5 Å². The van der Waals surface area contributed by atoms with Crippen molar-refractivity contribution in [2.45, 2.75) is 18.8 Å². The molecular weight excluding hydrogens is 431 g/mol. The van der Waals surface area contributed by atoms with Gasteiger partial charge < -0.3 is 21.7 Å². The number of hydrogen-bond donors (Lipinski definition) is 4. The molecule has 0 fully saturated rings. The standard InChI is InChI=1S/C12H12FN3.2C2HF3O2/c13-11-7-10(14)2-1-9(11)5-8-3-4-16-12(15)6-8;2*3-2(4,5)1(6)7/h1-4,6-7H,5,14H2,(H2,15,16);2*(H,6,7). The second-order valence-electron chi connectivity index (χ2n) is 5.22. The lowest BCUT2D eigenvalue weighted by Gasteiger charge is -2.04. The van der Waals surface area contributed by atoms with E-state index >= 15 is 0 Å². The van der Waals surface area contributed by atoms with E-state index in [0.29, 0.717) is 23.5 Å². The van der Waals surface area contributed by atoms with Gasteiger partial charge in [-0.15, -0.1) is 0 Å². The van der Waals surface area contributed by atoms with Crippen molar-refractivity contribution < 1.29 is 50.5 Å². The summed E-state index contributed by atoms with van der Waals surface area (Å²) in [5.74, 6) is -5.37. The third kappa shape index (κ3) is 10.7. The Morgan fingerprint density at radius 1 is 0.900 bits per heavy atom. The van der Waals surface area contributed by atoms with Crippen LogP contribution in [0.2, 0.25) is 0 Å². The Morgan fingerprint density at radius 3 is 1.73 bits per heavy atom. The van der Waals surface area contributed by atoms with Crippen molar-refractivity contribution in [1.82, 2.24) is 4.98 Å². The quantitative estimate of drug-likeness (QED) is 0.411. The molecule has 0 aliphatic rings. The van der Waals surface area contributed by atoms with Crippen molar-refractivity contribution >= 4 is 23.4 Å². The van der Waals surface area contributed by atoms with Crippen LogP contribution in [-0.2, 0) is 16.0 Å². The summed E-state index contributed by atoms with van der Waals surface area (Å²) in [7, 11) is 0. The molecule has 0 spiro atoms. The molecule has 14 heteroatoms. The topological polar surface area (TPSA) is 140 Å². The summed E-state index contributed by atoms with van der Waals surface area (Å²) >= 11 is 0. The lowest BCUT2D eigenvalue weighted by Crippen LogP contribution is -2.21. The van der Waals surface area contributed by atoms with Crippen LogP contribution in [0.25, 0.3) is 0 Å². The maximum Gasteiger partial charge on any atom is 0.490 e. The Hall–Kier alpha value is -3.58. The molecule has 0 aliphatic carbocycles. The van der Waals surface area contributed by atoms with Crippen LogP contribution in [0.1, 0.15) is 11.1 Å². The van der Waals surface area contributed by atoms with Gasteiger partial charge in [-0.25, -0.2) is 19.0 Å². The largest absolute Gasteiger partial charge is 0.490 e. The molecule has 0 bridgehead atoms. The number of rotatable bonds is 2. The molecule has 1 heterocycles. The molecule has 166 valence electrons. The molecule has 0 aliphatic heterocycles. The van der Waals surface area contributed by atoms with Gasteiger partial charge in [-0.2, -0.15) is 26.3 Å². The highest BCUT2D eigenvalue weighted by molar-refractivity contribution is 5.73. The van der Waals surface area contributed by atoms with Gasteiger partial charge in [0.05, 0.1) is 0 Å². The average Bonchev–Trinajstić information content (AvgIpc) is 2.57. The van der Waals surface area contributed by atoms with Gasteiger partial charge in [0.15, 0.2) is 0 Å². The fourth-order valence-electron chi connectivity index (χ4n) is 1.53. The summed E-state index contributed by atoms with van der Waals surface area (Å²) in [4.78, 5) is 21.7. The van der Waals surface area contributed by atoms with E-state index in [1.807, 2.05) is 6.07 Å². The van der Waals surface area contributed by atoms with Crippen LogP contribution >= 0.6 is 0 Å². The normalized spacial score (nSPS) is 10.8. The van der Waals surface area contributed by atoms with Crippen molar-refractivity contribution in [2.24, 2.45) is 0 Å². The summed E-state index contributed by atoms with van der Waals surface area (Å²) < 4.78 is 77.0. The van der Waals surface area contributed by atoms with Crippen molar-refractivity contribution in [3.8, 4) is 0 Å². The van der Waals surface area contributed by atoms with Crippen molar-refractivity contribution in [1.29, 1.82) is 0 Å². The first-order valence-corrected chi connectivity index (χ1v) is 7.38. The Kier molecular flexibility index (Phi) is 9.53. The fraction of sp³-hybridized carbons (Fsp3) is 0.188. The molecule has 0 atom stereocenters. The van der Waals surface area contributed by atoms with Crippen LogP contribution in [0.15, 0.2) is 36.5 Å². The van der Waals surface area contributed by atoms with Gasteiger partial charge in [-0.3, -0.25) is 0 Å². The molecule has 1 aromatic heterocycles. The van der Waals surface area contributed by atoms with Gasteiger partial charge in [0.25, 0.3) is 0 Å². The number of carboxylic acids is 2. The van der Waals surface area contributed by atoms with Crippen LogP contribution in [-0.4, -0.2) is 39.5 Å². The van der Waals surface area contributed by atoms with Gasteiger partial charge in [0, 0.05) is 18.3 Å². The molecule has 2 aromatic rings. The number of carbonyl (C=O) groups is 2. The molecule has 0 amide bonds. The number of anilines is 2. The third-order valence-electron chi connectivity index (χ3n) is 2.80. The van der Waals surface area contributed by atoms with Crippen LogP contribution in [0.5, 0.6) is 0 Å². The number of carboxylic acid groups (broad SMARTS) is 2. The Bertz CT molecular complexity index is 847. The molecule has 6 N–H and O–H groups in total.